The second-order valence-corrected chi connectivity index (χ2v) is 11.1. The zero-order chi connectivity index (χ0) is 23.6. The highest BCUT2D eigenvalue weighted by Crippen LogP contribution is 2.84. The van der Waals surface area contributed by atoms with Gasteiger partial charge in [-0.05, 0) is 11.1 Å². The van der Waals surface area contributed by atoms with E-state index in [4.69, 9.17) is 0 Å². The Morgan fingerprint density at radius 3 is 1.26 bits per heavy atom. The topological polar surface area (TPSA) is 81.1 Å². The zero-order valence-electron chi connectivity index (χ0n) is 19.4. The van der Waals surface area contributed by atoms with Crippen LogP contribution in [0.4, 0.5) is 0 Å². The van der Waals surface area contributed by atoms with Crippen molar-refractivity contribution < 1.29 is 19.8 Å². The molecule has 6 nitrogen and oxygen atoms in total. The fourth-order valence-corrected chi connectivity index (χ4v) is 9.94. The summed E-state index contributed by atoms with van der Waals surface area (Å²) in [6.07, 6.45) is 0. The van der Waals surface area contributed by atoms with E-state index >= 15 is 0 Å². The predicted molar refractivity (Wildman–Crippen MR) is 125 cm³/mol. The molecule has 4 aliphatic heterocycles. The SMILES string of the molecule is CC(=O)N1[C@H]2C3[C@@H]4N(C(C)=O)[C@@H]5C([C@@H](c6ccccc6)C24CO)[C@@H]1C5(CO)[C@H]3c1ccccc1. The molecule has 2 aromatic carbocycles. The van der Waals surface area contributed by atoms with Crippen molar-refractivity contribution in [3.05, 3.63) is 71.8 Å². The van der Waals surface area contributed by atoms with Crippen molar-refractivity contribution in [3.63, 3.8) is 0 Å². The Hall–Kier alpha value is -2.70. The molecule has 2 saturated carbocycles. The summed E-state index contributed by atoms with van der Waals surface area (Å²) >= 11 is 0. The number of hydrogen-bond donors (Lipinski definition) is 2. The second kappa shape index (κ2) is 6.49. The van der Waals surface area contributed by atoms with Crippen molar-refractivity contribution in [2.24, 2.45) is 22.7 Å². The van der Waals surface area contributed by atoms with Crippen molar-refractivity contribution in [1.29, 1.82) is 0 Å². The molecule has 176 valence electrons. The highest BCUT2D eigenvalue weighted by molar-refractivity contribution is 5.81. The van der Waals surface area contributed by atoms with Gasteiger partial charge in [0.1, 0.15) is 0 Å². The number of rotatable bonds is 4. The van der Waals surface area contributed by atoms with Gasteiger partial charge in [-0.25, -0.2) is 0 Å². The van der Waals surface area contributed by atoms with Crippen molar-refractivity contribution in [3.8, 4) is 0 Å². The van der Waals surface area contributed by atoms with Crippen LogP contribution >= 0.6 is 0 Å². The molecule has 6 atom stereocenters. The summed E-state index contributed by atoms with van der Waals surface area (Å²) in [7, 11) is 0. The Balaban J connectivity index is 1.52. The molecule has 8 rings (SSSR count). The van der Waals surface area contributed by atoms with E-state index in [2.05, 4.69) is 24.3 Å². The maximum absolute atomic E-state index is 13.2. The molecule has 0 radical (unpaired) electrons. The quantitative estimate of drug-likeness (QED) is 0.734. The molecule has 6 aliphatic rings. The summed E-state index contributed by atoms with van der Waals surface area (Å²) in [4.78, 5) is 30.4. The number of aliphatic hydroxyl groups is 2. The maximum Gasteiger partial charge on any atom is 0.220 e. The third kappa shape index (κ3) is 1.89. The molecule has 6 fully saturated rings. The van der Waals surface area contributed by atoms with Gasteiger partial charge in [-0.15, -0.1) is 0 Å². The van der Waals surface area contributed by atoms with Gasteiger partial charge in [-0.1, -0.05) is 60.7 Å². The lowest BCUT2D eigenvalue weighted by atomic mass is 9.23. The van der Waals surface area contributed by atoms with Crippen molar-refractivity contribution >= 4 is 11.8 Å². The Bertz CT molecular complexity index is 1070. The number of benzene rings is 2. The first-order valence-corrected chi connectivity index (χ1v) is 12.4. The van der Waals surface area contributed by atoms with Crippen LogP contribution in [0.3, 0.4) is 0 Å². The van der Waals surface area contributed by atoms with E-state index in [-0.39, 0.29) is 72.9 Å². The predicted octanol–water partition coefficient (Wildman–Crippen LogP) is 1.98. The molecular weight excluding hydrogens is 428 g/mol. The molecule has 0 aromatic heterocycles. The van der Waals surface area contributed by atoms with Crippen molar-refractivity contribution in [2.75, 3.05) is 13.2 Å². The highest BCUT2D eigenvalue weighted by atomic mass is 16.3. The van der Waals surface area contributed by atoms with Crippen LogP contribution in [-0.4, -0.2) is 69.2 Å². The first kappa shape index (κ1) is 20.7. The van der Waals surface area contributed by atoms with Crippen LogP contribution in [0.25, 0.3) is 0 Å². The van der Waals surface area contributed by atoms with Gasteiger partial charge in [-0.3, -0.25) is 9.59 Å². The van der Waals surface area contributed by atoms with Crippen LogP contribution in [-0.2, 0) is 9.59 Å². The number of nitrogens with zero attached hydrogens (tertiary/aromatic N) is 2. The molecule has 2 N–H and O–H groups in total. The van der Waals surface area contributed by atoms with Crippen molar-refractivity contribution in [2.45, 2.75) is 49.9 Å². The van der Waals surface area contributed by atoms with Crippen LogP contribution in [0.1, 0.15) is 36.8 Å². The Morgan fingerprint density at radius 2 is 1.00 bits per heavy atom. The molecule has 4 heterocycles. The molecular formula is C28H30N2O4. The molecule has 4 saturated heterocycles. The van der Waals surface area contributed by atoms with Gasteiger partial charge in [-0.2, -0.15) is 0 Å². The van der Waals surface area contributed by atoms with E-state index in [9.17, 15) is 19.8 Å². The van der Waals surface area contributed by atoms with Gasteiger partial charge in [0.25, 0.3) is 0 Å². The smallest absolute Gasteiger partial charge is 0.220 e. The van der Waals surface area contributed by atoms with Gasteiger partial charge in [0.15, 0.2) is 0 Å². The normalized spacial score (nSPS) is 44.5. The van der Waals surface area contributed by atoms with E-state index in [0.717, 1.165) is 0 Å². The average Bonchev–Trinajstić information content (AvgIpc) is 2.81. The van der Waals surface area contributed by atoms with E-state index in [1.165, 1.54) is 11.1 Å². The summed E-state index contributed by atoms with van der Waals surface area (Å²) in [5, 5.41) is 22.2. The Morgan fingerprint density at radius 1 is 0.676 bits per heavy atom. The molecule has 2 aromatic rings. The molecule has 0 spiro atoms. The summed E-state index contributed by atoms with van der Waals surface area (Å²) in [6.45, 7) is 3.09. The van der Waals surface area contributed by atoms with E-state index in [1.807, 2.05) is 46.2 Å². The minimum absolute atomic E-state index is 0.00634. The van der Waals surface area contributed by atoms with Gasteiger partial charge in [0.2, 0.25) is 11.8 Å². The number of amides is 2. The maximum atomic E-state index is 13.2. The molecule has 2 amide bonds. The van der Waals surface area contributed by atoms with E-state index in [1.54, 1.807) is 13.8 Å². The highest BCUT2D eigenvalue weighted by Gasteiger charge is 2.92. The molecule has 8 bridgehead atoms. The summed E-state index contributed by atoms with van der Waals surface area (Å²) in [5.41, 5.74) is 1.13. The van der Waals surface area contributed by atoms with E-state index < -0.39 is 10.8 Å². The third-order valence-corrected chi connectivity index (χ3v) is 10.4. The van der Waals surface area contributed by atoms with Crippen molar-refractivity contribution in [1.82, 2.24) is 9.80 Å². The van der Waals surface area contributed by atoms with Gasteiger partial charge < -0.3 is 20.0 Å². The standard InChI is InChI=1S/C28H30N2O4/c1-15(33)29-23-19-21(17-9-5-3-6-10-17)27(13-31)24(29)20-22(18-11-7-4-8-12-18)28(23,14-32)25(19)30(16(2)34)26(20)27/h3-12,19-26,31-32H,13-14H2,1-2H3/t19?,20?,21-,22+,23-,24+,25-,26+,27?,28?. The van der Waals surface area contributed by atoms with Gasteiger partial charge in [0, 0.05) is 72.5 Å². The zero-order valence-corrected chi connectivity index (χ0v) is 19.4. The van der Waals surface area contributed by atoms with Gasteiger partial charge >= 0.3 is 0 Å². The average molecular weight is 459 g/mol. The fraction of sp³-hybridized carbons (Fsp3) is 0.500. The number of hydrogen-bond acceptors (Lipinski definition) is 4. The lowest BCUT2D eigenvalue weighted by molar-refractivity contribution is -0.407. The number of carbonyl (C=O) groups excluding carboxylic acids is 2. The summed E-state index contributed by atoms with van der Waals surface area (Å²) < 4.78 is 0. The monoisotopic (exact) mass is 458 g/mol. The minimum Gasteiger partial charge on any atom is -0.396 e. The largest absolute Gasteiger partial charge is 0.396 e. The fourth-order valence-electron chi connectivity index (χ4n) is 9.94. The molecule has 2 aliphatic carbocycles. The van der Waals surface area contributed by atoms with Crippen LogP contribution in [0.5, 0.6) is 0 Å². The summed E-state index contributed by atoms with van der Waals surface area (Å²) in [6, 6.07) is 19.9. The summed E-state index contributed by atoms with van der Waals surface area (Å²) in [5.74, 6) is 0.0627. The molecule has 34 heavy (non-hydrogen) atoms. The molecule has 0 unspecified atom stereocenters. The van der Waals surface area contributed by atoms with Crippen LogP contribution in [0.2, 0.25) is 0 Å². The first-order chi connectivity index (χ1) is 16.5. The van der Waals surface area contributed by atoms with Crippen LogP contribution < -0.4 is 0 Å². The second-order valence-electron chi connectivity index (χ2n) is 11.1. The molecule has 6 heteroatoms. The number of piperidine rings is 4. The number of carbonyl (C=O) groups is 2. The van der Waals surface area contributed by atoms with Crippen LogP contribution in [0.15, 0.2) is 60.7 Å². The number of aliphatic hydroxyl groups excluding tert-OH is 2. The van der Waals surface area contributed by atoms with Gasteiger partial charge in [0.05, 0.1) is 13.2 Å². The van der Waals surface area contributed by atoms with E-state index in [0.29, 0.717) is 0 Å². The third-order valence-electron chi connectivity index (χ3n) is 10.4. The van der Waals surface area contributed by atoms with Crippen LogP contribution in [0, 0.1) is 22.7 Å². The lowest BCUT2D eigenvalue weighted by Gasteiger charge is -2.92. The minimum atomic E-state index is -0.601. The first-order valence-electron chi connectivity index (χ1n) is 12.4. The Labute approximate surface area is 199 Å². The lowest BCUT2D eigenvalue weighted by Crippen LogP contribution is -3.02. The Kier molecular flexibility index (Phi) is 3.94.